The Morgan fingerprint density at radius 1 is 1.23 bits per heavy atom. The Bertz CT molecular complexity index is 718. The quantitative estimate of drug-likeness (QED) is 0.347. The molecule has 0 atom stereocenters. The Morgan fingerprint density at radius 3 is 2.85 bits per heavy atom. The SMILES string of the molecule is CCNC(=NCC1(CCOCC)CC1)NCCc1c[nH]c2ccccc12. The molecule has 1 fully saturated rings. The average molecular weight is 357 g/mol. The van der Waals surface area contributed by atoms with Gasteiger partial charge in [-0.05, 0) is 56.6 Å². The van der Waals surface area contributed by atoms with E-state index >= 15 is 0 Å². The van der Waals surface area contributed by atoms with Gasteiger partial charge in [-0.15, -0.1) is 0 Å². The van der Waals surface area contributed by atoms with Gasteiger partial charge in [-0.2, -0.15) is 0 Å². The van der Waals surface area contributed by atoms with Crippen molar-refractivity contribution in [2.45, 2.75) is 39.5 Å². The first-order valence-electron chi connectivity index (χ1n) is 9.91. The molecule has 0 unspecified atom stereocenters. The minimum atomic E-state index is 0.383. The second-order valence-corrected chi connectivity index (χ2v) is 7.18. The third kappa shape index (κ3) is 5.01. The molecule has 5 heteroatoms. The van der Waals surface area contributed by atoms with Crippen LogP contribution in [0.3, 0.4) is 0 Å². The first-order chi connectivity index (χ1) is 12.8. The highest BCUT2D eigenvalue weighted by Gasteiger charge is 2.41. The smallest absolute Gasteiger partial charge is 0.191 e. The molecule has 1 aromatic carbocycles. The van der Waals surface area contributed by atoms with Crippen LogP contribution in [0.25, 0.3) is 10.9 Å². The van der Waals surface area contributed by atoms with Crippen molar-refractivity contribution in [3.05, 3.63) is 36.0 Å². The lowest BCUT2D eigenvalue weighted by Crippen LogP contribution is -2.38. The summed E-state index contributed by atoms with van der Waals surface area (Å²) >= 11 is 0. The second kappa shape index (κ2) is 9.08. The highest BCUT2D eigenvalue weighted by molar-refractivity contribution is 5.83. The molecule has 0 amide bonds. The minimum absolute atomic E-state index is 0.383. The summed E-state index contributed by atoms with van der Waals surface area (Å²) < 4.78 is 5.52. The number of aliphatic imine (C=N–C) groups is 1. The number of aromatic amines is 1. The fourth-order valence-corrected chi connectivity index (χ4v) is 3.34. The Morgan fingerprint density at radius 2 is 2.08 bits per heavy atom. The molecule has 3 rings (SSSR count). The van der Waals surface area contributed by atoms with Crippen LogP contribution in [0.4, 0.5) is 0 Å². The Balaban J connectivity index is 1.50. The number of nitrogens with zero attached hydrogens (tertiary/aromatic N) is 1. The van der Waals surface area contributed by atoms with E-state index in [-0.39, 0.29) is 0 Å². The molecule has 0 radical (unpaired) electrons. The Labute approximate surface area is 156 Å². The fourth-order valence-electron chi connectivity index (χ4n) is 3.34. The largest absolute Gasteiger partial charge is 0.382 e. The van der Waals surface area contributed by atoms with E-state index in [0.29, 0.717) is 5.41 Å². The van der Waals surface area contributed by atoms with Crippen molar-refractivity contribution in [3.63, 3.8) is 0 Å². The van der Waals surface area contributed by atoms with Gasteiger partial charge in [0, 0.05) is 49.9 Å². The van der Waals surface area contributed by atoms with Crippen molar-refractivity contribution >= 4 is 16.9 Å². The summed E-state index contributed by atoms with van der Waals surface area (Å²) in [5, 5.41) is 8.16. The van der Waals surface area contributed by atoms with Crippen LogP contribution >= 0.6 is 0 Å². The van der Waals surface area contributed by atoms with Crippen LogP contribution in [0.15, 0.2) is 35.5 Å². The van der Waals surface area contributed by atoms with E-state index in [9.17, 15) is 0 Å². The lowest BCUT2D eigenvalue weighted by Gasteiger charge is -2.15. The monoisotopic (exact) mass is 356 g/mol. The van der Waals surface area contributed by atoms with Crippen LogP contribution in [0, 0.1) is 5.41 Å². The molecule has 2 aromatic rings. The highest BCUT2D eigenvalue weighted by atomic mass is 16.5. The van der Waals surface area contributed by atoms with Crippen molar-refractivity contribution in [2.75, 3.05) is 32.8 Å². The molecule has 142 valence electrons. The number of hydrogen-bond acceptors (Lipinski definition) is 2. The van der Waals surface area contributed by atoms with Crippen LogP contribution < -0.4 is 10.6 Å². The van der Waals surface area contributed by atoms with Crippen molar-refractivity contribution in [2.24, 2.45) is 10.4 Å². The Kier molecular flexibility index (Phi) is 6.56. The van der Waals surface area contributed by atoms with Gasteiger partial charge in [0.2, 0.25) is 0 Å². The van der Waals surface area contributed by atoms with Gasteiger partial charge in [0.05, 0.1) is 0 Å². The number of benzene rings is 1. The van der Waals surface area contributed by atoms with Gasteiger partial charge < -0.3 is 20.4 Å². The zero-order valence-corrected chi connectivity index (χ0v) is 16.1. The van der Waals surface area contributed by atoms with Crippen molar-refractivity contribution in [1.29, 1.82) is 0 Å². The predicted octanol–water partition coefficient (Wildman–Crippen LogP) is 3.47. The van der Waals surface area contributed by atoms with Crippen LogP contribution in [0.2, 0.25) is 0 Å². The predicted molar refractivity (Wildman–Crippen MR) is 109 cm³/mol. The molecule has 1 aliphatic rings. The van der Waals surface area contributed by atoms with Gasteiger partial charge in [-0.1, -0.05) is 18.2 Å². The van der Waals surface area contributed by atoms with Gasteiger partial charge in [-0.3, -0.25) is 4.99 Å². The van der Waals surface area contributed by atoms with Crippen molar-refractivity contribution in [1.82, 2.24) is 15.6 Å². The lowest BCUT2D eigenvalue weighted by atomic mass is 10.0. The lowest BCUT2D eigenvalue weighted by molar-refractivity contribution is 0.129. The van der Waals surface area contributed by atoms with E-state index in [1.165, 1.54) is 29.3 Å². The molecule has 26 heavy (non-hydrogen) atoms. The molecule has 1 saturated carbocycles. The number of rotatable bonds is 10. The summed E-state index contributed by atoms with van der Waals surface area (Å²) in [6, 6.07) is 8.46. The maximum Gasteiger partial charge on any atom is 0.191 e. The molecular formula is C21H32N4O. The van der Waals surface area contributed by atoms with Gasteiger partial charge in [-0.25, -0.2) is 0 Å². The maximum atomic E-state index is 5.52. The molecule has 1 heterocycles. The third-order valence-electron chi connectivity index (χ3n) is 5.22. The van der Waals surface area contributed by atoms with Gasteiger partial charge in [0.25, 0.3) is 0 Å². The van der Waals surface area contributed by atoms with Crippen molar-refractivity contribution in [3.8, 4) is 0 Å². The average Bonchev–Trinajstić information content (AvgIpc) is 3.31. The molecule has 0 bridgehead atoms. The number of hydrogen-bond donors (Lipinski definition) is 3. The number of ether oxygens (including phenoxy) is 1. The number of para-hydroxylation sites is 1. The minimum Gasteiger partial charge on any atom is -0.382 e. The topological polar surface area (TPSA) is 61.4 Å². The number of H-pyrrole nitrogens is 1. The Hall–Kier alpha value is -2.01. The van der Waals surface area contributed by atoms with Crippen LogP contribution in [0.5, 0.6) is 0 Å². The fraction of sp³-hybridized carbons (Fsp3) is 0.571. The van der Waals surface area contributed by atoms with Crippen LogP contribution in [-0.4, -0.2) is 43.8 Å². The summed E-state index contributed by atoms with van der Waals surface area (Å²) in [7, 11) is 0. The van der Waals surface area contributed by atoms with Gasteiger partial charge in [0.1, 0.15) is 0 Å². The van der Waals surface area contributed by atoms with Gasteiger partial charge in [0.15, 0.2) is 5.96 Å². The standard InChI is InChI=1S/C21H32N4O/c1-3-22-20(25-16-21(10-11-21)12-14-26-4-2)23-13-9-17-15-24-19-8-6-5-7-18(17)19/h5-8,15,24H,3-4,9-14,16H2,1-2H3,(H2,22,23,25). The second-order valence-electron chi connectivity index (χ2n) is 7.18. The molecule has 5 nitrogen and oxygen atoms in total. The first-order valence-corrected chi connectivity index (χ1v) is 9.91. The van der Waals surface area contributed by atoms with E-state index in [0.717, 1.165) is 51.6 Å². The van der Waals surface area contributed by atoms with Gasteiger partial charge >= 0.3 is 0 Å². The van der Waals surface area contributed by atoms with Crippen LogP contribution in [0.1, 0.15) is 38.7 Å². The molecule has 3 N–H and O–H groups in total. The number of guanidine groups is 1. The van der Waals surface area contributed by atoms with E-state index in [1.54, 1.807) is 0 Å². The number of aromatic nitrogens is 1. The zero-order chi connectivity index (χ0) is 18.2. The summed E-state index contributed by atoms with van der Waals surface area (Å²) in [6.45, 7) is 8.47. The molecule has 0 aliphatic heterocycles. The van der Waals surface area contributed by atoms with E-state index < -0.39 is 0 Å². The zero-order valence-electron chi connectivity index (χ0n) is 16.1. The van der Waals surface area contributed by atoms with E-state index in [1.807, 2.05) is 0 Å². The summed E-state index contributed by atoms with van der Waals surface area (Å²) in [6.07, 6.45) is 6.77. The maximum absolute atomic E-state index is 5.52. The molecule has 1 aliphatic carbocycles. The van der Waals surface area contributed by atoms with Crippen molar-refractivity contribution < 1.29 is 4.74 Å². The summed E-state index contributed by atoms with van der Waals surface area (Å²) in [4.78, 5) is 8.18. The van der Waals surface area contributed by atoms with E-state index in [2.05, 4.69) is 59.9 Å². The van der Waals surface area contributed by atoms with Crippen LogP contribution in [-0.2, 0) is 11.2 Å². The molecule has 1 aromatic heterocycles. The number of nitrogens with one attached hydrogen (secondary N) is 3. The molecular weight excluding hydrogens is 324 g/mol. The first kappa shape index (κ1) is 18.8. The molecule has 0 saturated heterocycles. The van der Waals surface area contributed by atoms with E-state index in [4.69, 9.17) is 9.73 Å². The normalized spacial score (nSPS) is 16.0. The summed E-state index contributed by atoms with van der Waals surface area (Å²) in [5.74, 6) is 0.926. The number of fused-ring (bicyclic) bond motifs is 1. The summed E-state index contributed by atoms with van der Waals surface area (Å²) in [5.41, 5.74) is 2.93. The molecule has 0 spiro atoms. The highest BCUT2D eigenvalue weighted by Crippen LogP contribution is 2.48. The third-order valence-corrected chi connectivity index (χ3v) is 5.22.